The van der Waals surface area contributed by atoms with Crippen LogP contribution in [0.3, 0.4) is 0 Å². The van der Waals surface area contributed by atoms with Gasteiger partial charge < -0.3 is 10.1 Å². The third-order valence-electron chi connectivity index (χ3n) is 5.82. The lowest BCUT2D eigenvalue weighted by Crippen LogP contribution is -2.44. The van der Waals surface area contributed by atoms with Gasteiger partial charge in [0.2, 0.25) is 15.9 Å². The number of nitrogens with one attached hydrogen (secondary N) is 1. The molecule has 1 atom stereocenters. The van der Waals surface area contributed by atoms with Gasteiger partial charge in [-0.15, -0.1) is 11.3 Å². The van der Waals surface area contributed by atoms with E-state index in [1.54, 1.807) is 41.7 Å². The highest BCUT2D eigenvalue weighted by atomic mass is 32.2. The number of amides is 1. The van der Waals surface area contributed by atoms with E-state index in [9.17, 15) is 13.2 Å². The Morgan fingerprint density at radius 3 is 2.61 bits per heavy atom. The first-order valence-corrected chi connectivity index (χ1v) is 11.8. The molecule has 28 heavy (non-hydrogen) atoms. The lowest BCUT2D eigenvalue weighted by Gasteiger charge is -2.37. The molecule has 2 saturated heterocycles. The fraction of sp³-hybridized carbons (Fsp3) is 0.450. The number of carbonyl (C=O) groups is 1. The van der Waals surface area contributed by atoms with Crippen LogP contribution in [0.1, 0.15) is 17.7 Å². The second kappa shape index (κ2) is 7.94. The Hall–Kier alpha value is -1.74. The molecule has 1 amide bonds. The molecule has 6 nitrogen and oxygen atoms in total. The maximum absolute atomic E-state index is 13.1. The van der Waals surface area contributed by atoms with Crippen molar-refractivity contribution < 1.29 is 17.9 Å². The average Bonchev–Trinajstić information content (AvgIpc) is 3.36. The number of rotatable bonds is 5. The van der Waals surface area contributed by atoms with Gasteiger partial charge in [0.05, 0.1) is 17.4 Å². The Labute approximate surface area is 169 Å². The molecular weight excluding hydrogens is 396 g/mol. The van der Waals surface area contributed by atoms with Crippen LogP contribution in [0.5, 0.6) is 0 Å². The molecule has 150 valence electrons. The highest BCUT2D eigenvalue weighted by Gasteiger charge is 2.53. The molecule has 2 aliphatic rings. The minimum absolute atomic E-state index is 0.0685. The maximum atomic E-state index is 13.1. The Morgan fingerprint density at radius 2 is 1.93 bits per heavy atom. The predicted molar refractivity (Wildman–Crippen MR) is 107 cm³/mol. The molecule has 1 aromatic carbocycles. The molecule has 2 fully saturated rings. The molecule has 0 aliphatic carbocycles. The highest BCUT2D eigenvalue weighted by molar-refractivity contribution is 7.89. The van der Waals surface area contributed by atoms with Crippen LogP contribution in [-0.2, 0) is 26.1 Å². The van der Waals surface area contributed by atoms with Crippen molar-refractivity contribution in [3.05, 3.63) is 52.7 Å². The number of carbonyl (C=O) groups excluding carboxylic acids is 1. The van der Waals surface area contributed by atoms with Crippen molar-refractivity contribution in [1.82, 2.24) is 9.62 Å². The quantitative estimate of drug-likeness (QED) is 0.806. The Kier molecular flexibility index (Phi) is 5.55. The summed E-state index contributed by atoms with van der Waals surface area (Å²) in [7, 11) is -3.62. The minimum Gasteiger partial charge on any atom is -0.381 e. The van der Waals surface area contributed by atoms with Crippen LogP contribution >= 0.6 is 11.3 Å². The number of ether oxygens (including phenoxy) is 1. The molecule has 8 heteroatoms. The second-order valence-corrected chi connectivity index (χ2v) is 10.4. The monoisotopic (exact) mass is 420 g/mol. The number of benzene rings is 1. The summed E-state index contributed by atoms with van der Waals surface area (Å²) in [5, 5.41) is 5.00. The van der Waals surface area contributed by atoms with Crippen molar-refractivity contribution >= 4 is 27.3 Å². The summed E-state index contributed by atoms with van der Waals surface area (Å²) in [6.07, 6.45) is 1.40. The van der Waals surface area contributed by atoms with E-state index < -0.39 is 10.0 Å². The SMILES string of the molecule is O=C(NCc1cccs1)C1CN(S(=O)(=O)c2ccccc2)CC12CCOCC2. The first kappa shape index (κ1) is 19.6. The van der Waals surface area contributed by atoms with Gasteiger partial charge in [0.15, 0.2) is 0 Å². The number of nitrogens with zero attached hydrogens (tertiary/aromatic N) is 1. The summed E-state index contributed by atoms with van der Waals surface area (Å²) < 4.78 is 33.3. The van der Waals surface area contributed by atoms with Crippen molar-refractivity contribution in [2.45, 2.75) is 24.3 Å². The first-order chi connectivity index (χ1) is 13.5. The summed E-state index contributed by atoms with van der Waals surface area (Å²) in [4.78, 5) is 14.4. The number of hydrogen-bond acceptors (Lipinski definition) is 5. The van der Waals surface area contributed by atoms with Gasteiger partial charge in [0, 0.05) is 36.6 Å². The van der Waals surface area contributed by atoms with Crippen molar-refractivity contribution in [3.63, 3.8) is 0 Å². The number of hydrogen-bond donors (Lipinski definition) is 1. The summed E-state index contributed by atoms with van der Waals surface area (Å²) in [6.45, 7) is 2.19. The Bertz CT molecular complexity index is 907. The van der Waals surface area contributed by atoms with E-state index in [1.807, 2.05) is 17.5 Å². The summed E-state index contributed by atoms with van der Waals surface area (Å²) in [5.74, 6) is -0.434. The molecule has 0 saturated carbocycles. The molecule has 4 rings (SSSR count). The lowest BCUT2D eigenvalue weighted by molar-refractivity contribution is -0.130. The zero-order chi connectivity index (χ0) is 19.6. The van der Waals surface area contributed by atoms with Gasteiger partial charge in [-0.2, -0.15) is 4.31 Å². The molecule has 2 aromatic rings. The van der Waals surface area contributed by atoms with Crippen LogP contribution in [0.25, 0.3) is 0 Å². The Morgan fingerprint density at radius 1 is 1.18 bits per heavy atom. The highest BCUT2D eigenvalue weighted by Crippen LogP contribution is 2.46. The van der Waals surface area contributed by atoms with Gasteiger partial charge in [-0.3, -0.25) is 4.79 Å². The van der Waals surface area contributed by atoms with Crippen molar-refractivity contribution in [2.24, 2.45) is 11.3 Å². The zero-order valence-corrected chi connectivity index (χ0v) is 17.2. The average molecular weight is 421 g/mol. The van der Waals surface area contributed by atoms with E-state index in [0.29, 0.717) is 39.1 Å². The summed E-state index contributed by atoms with van der Waals surface area (Å²) in [6, 6.07) is 12.4. The molecule has 1 spiro atoms. The van der Waals surface area contributed by atoms with E-state index in [1.165, 1.54) is 4.31 Å². The molecule has 1 unspecified atom stereocenters. The third kappa shape index (κ3) is 3.74. The van der Waals surface area contributed by atoms with Crippen LogP contribution in [0.4, 0.5) is 0 Å². The zero-order valence-electron chi connectivity index (χ0n) is 15.5. The van der Waals surface area contributed by atoms with Gasteiger partial charge in [-0.05, 0) is 36.4 Å². The first-order valence-electron chi connectivity index (χ1n) is 9.44. The molecule has 1 N–H and O–H groups in total. The molecule has 2 aliphatic heterocycles. The lowest BCUT2D eigenvalue weighted by atomic mass is 9.72. The molecule has 3 heterocycles. The molecule has 0 radical (unpaired) electrons. The topological polar surface area (TPSA) is 75.7 Å². The minimum atomic E-state index is -3.62. The van der Waals surface area contributed by atoms with Crippen LogP contribution in [0.2, 0.25) is 0 Å². The standard InChI is InChI=1S/C20H24N2O4S2/c23-19(21-13-16-5-4-12-27-16)18-14-22(15-20(18)8-10-26-11-9-20)28(24,25)17-6-2-1-3-7-17/h1-7,12,18H,8-11,13-15H2,(H,21,23). The van der Waals surface area contributed by atoms with Crippen LogP contribution in [-0.4, -0.2) is 44.9 Å². The van der Waals surface area contributed by atoms with E-state index >= 15 is 0 Å². The van der Waals surface area contributed by atoms with Crippen molar-refractivity contribution in [2.75, 3.05) is 26.3 Å². The fourth-order valence-corrected chi connectivity index (χ4v) is 6.42. The summed E-state index contributed by atoms with van der Waals surface area (Å²) in [5.41, 5.74) is -0.361. The van der Waals surface area contributed by atoms with E-state index in [4.69, 9.17) is 4.74 Å². The fourth-order valence-electron chi connectivity index (χ4n) is 4.20. The molecular formula is C20H24N2O4S2. The van der Waals surface area contributed by atoms with Gasteiger partial charge in [-0.1, -0.05) is 24.3 Å². The van der Waals surface area contributed by atoms with Crippen LogP contribution in [0.15, 0.2) is 52.7 Å². The van der Waals surface area contributed by atoms with E-state index in [-0.39, 0.29) is 28.7 Å². The van der Waals surface area contributed by atoms with Gasteiger partial charge in [-0.25, -0.2) is 8.42 Å². The Balaban J connectivity index is 1.56. The third-order valence-corrected chi connectivity index (χ3v) is 8.52. The maximum Gasteiger partial charge on any atom is 0.243 e. The largest absolute Gasteiger partial charge is 0.381 e. The summed E-state index contributed by atoms with van der Waals surface area (Å²) >= 11 is 1.60. The van der Waals surface area contributed by atoms with Crippen LogP contribution in [0, 0.1) is 11.3 Å². The van der Waals surface area contributed by atoms with Crippen molar-refractivity contribution in [3.8, 4) is 0 Å². The number of sulfonamides is 1. The predicted octanol–water partition coefficient (Wildman–Crippen LogP) is 2.48. The normalized spacial score (nSPS) is 22.4. The van der Waals surface area contributed by atoms with Crippen LogP contribution < -0.4 is 5.32 Å². The van der Waals surface area contributed by atoms with E-state index in [2.05, 4.69) is 5.32 Å². The second-order valence-electron chi connectivity index (χ2n) is 7.44. The van der Waals surface area contributed by atoms with E-state index in [0.717, 1.165) is 4.88 Å². The van der Waals surface area contributed by atoms with Crippen molar-refractivity contribution in [1.29, 1.82) is 0 Å². The molecule has 0 bridgehead atoms. The van der Waals surface area contributed by atoms with Gasteiger partial charge >= 0.3 is 0 Å². The van der Waals surface area contributed by atoms with Gasteiger partial charge in [0.1, 0.15) is 0 Å². The molecule has 1 aromatic heterocycles. The van der Waals surface area contributed by atoms with Gasteiger partial charge in [0.25, 0.3) is 0 Å². The smallest absolute Gasteiger partial charge is 0.243 e. The number of thiophene rings is 1.